The molecule has 8 heteroatoms. The third-order valence-electron chi connectivity index (χ3n) is 0. The second-order valence-corrected chi connectivity index (χ2v) is 2.87. The topological polar surface area (TPSA) is 0 Å². The third kappa shape index (κ3) is 248. The van der Waals surface area contributed by atoms with Gasteiger partial charge in [0.05, 0.1) is 0 Å². The van der Waals surface area contributed by atoms with Crippen molar-refractivity contribution in [1.29, 1.82) is 0 Å². The van der Waals surface area contributed by atoms with Crippen molar-refractivity contribution >= 4 is 37.4 Å². The number of halogens is 6. The maximum Gasteiger partial charge on any atom is 1.00 e. The van der Waals surface area contributed by atoms with Crippen molar-refractivity contribution in [2.24, 2.45) is 0 Å². The molecule has 0 aliphatic rings. The Balaban J connectivity index is -0.000000180. The van der Waals surface area contributed by atoms with Crippen LogP contribution < -0.4 is 0 Å². The Bertz CT molecular complexity index is 71.6. The summed E-state index contributed by atoms with van der Waals surface area (Å²) in [5.41, 5.74) is 0. The molecule has 0 aromatic heterocycles. The number of rotatable bonds is 0. The summed E-state index contributed by atoms with van der Waals surface area (Å²) in [6, 6.07) is 0. The van der Waals surface area contributed by atoms with Crippen LogP contribution in [0.3, 0.4) is 0 Å². The molecule has 0 saturated carbocycles. The molecule has 8 heavy (non-hydrogen) atoms. The molecule has 0 N–H and O–H groups in total. The normalized spacial score (nSPS) is 20.2. The van der Waals surface area contributed by atoms with E-state index in [0.717, 1.165) is 0 Å². The van der Waals surface area contributed by atoms with Crippen LogP contribution in [0.2, 0.25) is 0 Å². The van der Waals surface area contributed by atoms with Gasteiger partial charge >= 0.3 is 34.4 Å². The van der Waals surface area contributed by atoms with Crippen molar-refractivity contribution in [1.82, 2.24) is 0 Å². The average molecular weight is 169 g/mol. The molecule has 0 aromatic carbocycles. The minimum atomic E-state index is -10.7. The molecule has 0 fully saturated rings. The van der Waals surface area contributed by atoms with Crippen LogP contribution in [-0.4, -0.2) is 29.6 Å². The molecule has 0 unspecified atom stereocenters. The minimum absolute atomic E-state index is 0. The summed E-state index contributed by atoms with van der Waals surface area (Å²) in [5, 5.41) is 0. The van der Waals surface area contributed by atoms with E-state index in [4.69, 9.17) is 0 Å². The molecular weight excluding hydrogens is 168 g/mol. The zero-order valence-corrected chi connectivity index (χ0v) is 6.61. The van der Waals surface area contributed by atoms with Gasteiger partial charge < -0.3 is 0 Å². The van der Waals surface area contributed by atoms with Gasteiger partial charge in [0.25, 0.3) is 0 Å². The maximum atomic E-state index is 9.87. The van der Waals surface area contributed by atoms with Crippen LogP contribution in [0.1, 0.15) is 1.43 Å². The van der Waals surface area contributed by atoms with Crippen LogP contribution in [-0.2, 0) is 0 Å². The van der Waals surface area contributed by atoms with E-state index in [9.17, 15) is 25.2 Å². The number of hydrogen-bond donors (Lipinski definition) is 0. The third-order valence-corrected chi connectivity index (χ3v) is 0. The first kappa shape index (κ1) is 11.8. The molecule has 0 spiro atoms. The van der Waals surface area contributed by atoms with E-state index in [-0.39, 0.29) is 31.0 Å². The summed E-state index contributed by atoms with van der Waals surface area (Å²) in [6.07, 6.45) is 0. The van der Waals surface area contributed by atoms with Crippen LogP contribution in [0.15, 0.2) is 0 Å². The first-order chi connectivity index (χ1) is 2.45. The van der Waals surface area contributed by atoms with Crippen molar-refractivity contribution in [2.75, 3.05) is 0 Å². The fraction of sp³-hybridized carbons (Fsp3) is 0. The van der Waals surface area contributed by atoms with E-state index in [1.54, 1.807) is 0 Å². The summed E-state index contributed by atoms with van der Waals surface area (Å²) >= 11 is 0. The summed E-state index contributed by atoms with van der Waals surface area (Å²) in [5.74, 6) is 0. The molecule has 0 saturated heterocycles. The van der Waals surface area contributed by atoms with Crippen molar-refractivity contribution in [2.45, 2.75) is 0 Å². The van der Waals surface area contributed by atoms with Crippen molar-refractivity contribution in [3.8, 4) is 0 Å². The minimum Gasteiger partial charge on any atom is 0 e. The second kappa shape index (κ2) is 1.54. The summed E-state index contributed by atoms with van der Waals surface area (Å²) in [4.78, 5) is 0. The van der Waals surface area contributed by atoms with Crippen LogP contribution >= 0.6 is 7.81 Å². The van der Waals surface area contributed by atoms with Crippen LogP contribution in [0.4, 0.5) is 25.2 Å². The molecule has 0 aromatic rings. The Morgan fingerprint density at radius 2 is 0.750 bits per heavy atom. The molecule has 1 radical (unpaired) electrons. The van der Waals surface area contributed by atoms with Crippen molar-refractivity contribution < 1.29 is 26.6 Å². The van der Waals surface area contributed by atoms with E-state index >= 15 is 0 Å². The van der Waals surface area contributed by atoms with Gasteiger partial charge in [0, 0.05) is 29.6 Å². The smallest absolute Gasteiger partial charge is 0 e. The number of hydrogen-bond acceptors (Lipinski definition) is 0. The molecule has 49 valence electrons. The predicted molar refractivity (Wildman–Crippen MR) is 20.4 cm³/mol. The van der Waals surface area contributed by atoms with Crippen LogP contribution in [0.5, 0.6) is 0 Å². The monoisotopic (exact) mass is 169 g/mol. The van der Waals surface area contributed by atoms with Crippen molar-refractivity contribution in [3.63, 3.8) is 0 Å². The molecule has 0 aliphatic heterocycles. The molecule has 0 aliphatic carbocycles. The zero-order valence-electron chi connectivity index (χ0n) is 4.72. The van der Waals surface area contributed by atoms with E-state index in [1.807, 2.05) is 0 Å². The van der Waals surface area contributed by atoms with Gasteiger partial charge in [-0.15, -0.1) is 0 Å². The first-order valence-electron chi connectivity index (χ1n) is 1.01. The zero-order chi connectivity index (χ0) is 6.41. The average Bonchev–Trinajstić information content (AvgIpc) is 0.592. The van der Waals surface area contributed by atoms with Gasteiger partial charge in [0.1, 0.15) is 0 Å². The molecule has 0 heterocycles. The first-order valence-corrected chi connectivity index (χ1v) is 3.04. The SMILES string of the molecule is F[P-](F)(F)(F)(F)F.[H+].[Na]. The van der Waals surface area contributed by atoms with E-state index in [2.05, 4.69) is 0 Å². The molecule has 0 atom stereocenters. The van der Waals surface area contributed by atoms with Gasteiger partial charge in [-0.05, 0) is 0 Å². The van der Waals surface area contributed by atoms with Gasteiger partial charge in [-0.3, -0.25) is 0 Å². The fourth-order valence-corrected chi connectivity index (χ4v) is 0. The Hall–Kier alpha value is 1.01. The van der Waals surface area contributed by atoms with E-state index < -0.39 is 7.81 Å². The fourth-order valence-electron chi connectivity index (χ4n) is 0. The largest absolute Gasteiger partial charge is 1.00 e. The van der Waals surface area contributed by atoms with Gasteiger partial charge in [0.15, 0.2) is 0 Å². The Morgan fingerprint density at radius 3 is 0.750 bits per heavy atom. The predicted octanol–water partition coefficient (Wildman–Crippen LogP) is 3.11. The van der Waals surface area contributed by atoms with Crippen LogP contribution in [0, 0.1) is 0 Å². The van der Waals surface area contributed by atoms with Gasteiger partial charge in [-0.2, -0.15) is 0 Å². The second-order valence-electron chi connectivity index (χ2n) is 0.958. The standard InChI is InChI=1S/F6P.Na/c1-7(2,3,4,5)6;/q-1;/p+1. The van der Waals surface area contributed by atoms with Crippen LogP contribution in [0.25, 0.3) is 0 Å². The van der Waals surface area contributed by atoms with E-state index in [0.29, 0.717) is 0 Å². The van der Waals surface area contributed by atoms with Gasteiger partial charge in [0.2, 0.25) is 0 Å². The molecule has 0 amide bonds. The Morgan fingerprint density at radius 1 is 0.750 bits per heavy atom. The summed E-state index contributed by atoms with van der Waals surface area (Å²) < 4.78 is 59.2. The summed E-state index contributed by atoms with van der Waals surface area (Å²) in [7, 11) is -10.7. The Labute approximate surface area is 64.3 Å². The van der Waals surface area contributed by atoms with Gasteiger partial charge in [-0.1, -0.05) is 0 Å². The maximum absolute atomic E-state index is 10.7. The molecule has 0 bridgehead atoms. The van der Waals surface area contributed by atoms with Crippen molar-refractivity contribution in [3.05, 3.63) is 0 Å². The Kier molecular flexibility index (Phi) is 2.26. The molecular formula is HF6NaP. The molecule has 0 nitrogen and oxygen atoms in total. The summed E-state index contributed by atoms with van der Waals surface area (Å²) in [6.45, 7) is 0. The quantitative estimate of drug-likeness (QED) is 0.297. The van der Waals surface area contributed by atoms with Gasteiger partial charge in [-0.25, -0.2) is 0 Å². The van der Waals surface area contributed by atoms with E-state index in [1.165, 1.54) is 0 Å². The molecule has 0 rings (SSSR count).